The maximum Gasteiger partial charge on any atom is 0.143 e. The summed E-state index contributed by atoms with van der Waals surface area (Å²) in [5.74, 6) is 0. The zero-order valence-electron chi connectivity index (χ0n) is 8.31. The van der Waals surface area contributed by atoms with Crippen molar-refractivity contribution in [2.75, 3.05) is 33.0 Å². The highest BCUT2D eigenvalue weighted by Gasteiger charge is 2.25. The predicted molar refractivity (Wildman–Crippen MR) is 48.9 cm³/mol. The Morgan fingerprint density at radius 2 is 1.58 bits per heavy atom. The molecule has 1 heterocycles. The Morgan fingerprint density at radius 1 is 1.08 bits per heavy atom. The average Bonchev–Trinajstić information content (AvgIpc) is 2.03. The van der Waals surface area contributed by atoms with E-state index in [0.717, 1.165) is 26.2 Å². The largest absolute Gasteiger partial charge is 0.296 e. The maximum atomic E-state index is 12.2. The first-order valence-corrected chi connectivity index (χ1v) is 4.57. The lowest BCUT2D eigenvalue weighted by Gasteiger charge is -2.41. The first-order chi connectivity index (χ1) is 5.54. The van der Waals surface area contributed by atoms with Crippen molar-refractivity contribution in [1.82, 2.24) is 9.80 Å². The van der Waals surface area contributed by atoms with Crippen molar-refractivity contribution >= 4 is 0 Å². The van der Waals surface area contributed by atoms with Crippen LogP contribution in [0.1, 0.15) is 20.8 Å². The number of piperazine rings is 1. The van der Waals surface area contributed by atoms with Gasteiger partial charge in [0.15, 0.2) is 0 Å². The molecule has 72 valence electrons. The smallest absolute Gasteiger partial charge is 0.143 e. The third kappa shape index (κ3) is 2.42. The second kappa shape index (κ2) is 3.71. The van der Waals surface area contributed by atoms with E-state index in [4.69, 9.17) is 0 Å². The summed E-state index contributed by atoms with van der Waals surface area (Å²) >= 11 is 0. The number of nitrogens with zero attached hydrogens (tertiary/aromatic N) is 2. The van der Waals surface area contributed by atoms with Gasteiger partial charge >= 0.3 is 0 Å². The summed E-state index contributed by atoms with van der Waals surface area (Å²) in [5.41, 5.74) is 0.238. The summed E-state index contributed by atoms with van der Waals surface area (Å²) in [4.78, 5) is 4.25. The van der Waals surface area contributed by atoms with E-state index in [0.29, 0.717) is 0 Å². The van der Waals surface area contributed by atoms with Crippen LogP contribution in [0.3, 0.4) is 0 Å². The molecule has 0 N–H and O–H groups in total. The molecule has 12 heavy (non-hydrogen) atoms. The standard InChI is InChI=1S/C9H19FN2/c1-9(2,3)12-6-4-11(8-10)5-7-12/h4-8H2,1-3H3. The molecule has 0 spiro atoms. The second-order valence-electron chi connectivity index (χ2n) is 4.40. The lowest BCUT2D eigenvalue weighted by molar-refractivity contribution is 0.0435. The summed E-state index contributed by atoms with van der Waals surface area (Å²) in [6, 6.07) is 0. The molecule has 0 radical (unpaired) electrons. The molecule has 0 aromatic rings. The fourth-order valence-electron chi connectivity index (χ4n) is 1.54. The Hall–Kier alpha value is -0.150. The summed E-state index contributed by atoms with van der Waals surface area (Å²) in [5, 5.41) is 0. The average molecular weight is 174 g/mol. The Labute approximate surface area is 74.3 Å². The maximum absolute atomic E-state index is 12.2. The monoisotopic (exact) mass is 174 g/mol. The fraction of sp³-hybridized carbons (Fsp3) is 1.00. The Balaban J connectivity index is 2.36. The summed E-state index contributed by atoms with van der Waals surface area (Å²) < 4.78 is 12.2. The summed E-state index contributed by atoms with van der Waals surface area (Å²) in [6.45, 7) is 10.1. The quantitative estimate of drug-likeness (QED) is 0.553. The van der Waals surface area contributed by atoms with Crippen LogP contribution in [0.4, 0.5) is 4.39 Å². The first kappa shape index (κ1) is 9.93. The molecule has 3 heteroatoms. The summed E-state index contributed by atoms with van der Waals surface area (Å²) in [6.07, 6.45) is 0. The van der Waals surface area contributed by atoms with E-state index in [1.807, 2.05) is 4.90 Å². The first-order valence-electron chi connectivity index (χ1n) is 4.57. The van der Waals surface area contributed by atoms with Crippen molar-refractivity contribution in [2.24, 2.45) is 0 Å². The minimum absolute atomic E-state index is 0.238. The SMILES string of the molecule is CC(C)(C)N1CCN(CF)CC1. The van der Waals surface area contributed by atoms with Crippen molar-refractivity contribution in [2.45, 2.75) is 26.3 Å². The van der Waals surface area contributed by atoms with Gasteiger partial charge in [-0.1, -0.05) is 0 Å². The van der Waals surface area contributed by atoms with Crippen LogP contribution < -0.4 is 0 Å². The molecule has 1 saturated heterocycles. The van der Waals surface area contributed by atoms with Gasteiger partial charge in [0, 0.05) is 31.7 Å². The van der Waals surface area contributed by atoms with Gasteiger partial charge < -0.3 is 0 Å². The van der Waals surface area contributed by atoms with Crippen molar-refractivity contribution in [1.29, 1.82) is 0 Å². The van der Waals surface area contributed by atoms with Gasteiger partial charge in [-0.15, -0.1) is 0 Å². The zero-order valence-corrected chi connectivity index (χ0v) is 8.31. The topological polar surface area (TPSA) is 6.48 Å². The van der Waals surface area contributed by atoms with Gasteiger partial charge in [0.05, 0.1) is 0 Å². The number of halogens is 1. The third-order valence-electron chi connectivity index (χ3n) is 2.49. The highest BCUT2D eigenvalue weighted by molar-refractivity contribution is 4.80. The highest BCUT2D eigenvalue weighted by Crippen LogP contribution is 2.15. The predicted octanol–water partition coefficient (Wildman–Crippen LogP) is 1.33. The number of alkyl halides is 1. The van der Waals surface area contributed by atoms with Crippen LogP contribution in [0.15, 0.2) is 0 Å². The van der Waals surface area contributed by atoms with Gasteiger partial charge in [-0.05, 0) is 20.8 Å². The molecule has 1 aliphatic heterocycles. The van der Waals surface area contributed by atoms with Gasteiger partial charge in [0.25, 0.3) is 0 Å². The molecule has 1 aliphatic rings. The van der Waals surface area contributed by atoms with Crippen molar-refractivity contribution in [3.05, 3.63) is 0 Å². The molecule has 0 aromatic heterocycles. The molecule has 0 atom stereocenters. The number of hydrogen-bond donors (Lipinski definition) is 0. The van der Waals surface area contributed by atoms with E-state index in [1.165, 1.54) is 0 Å². The van der Waals surface area contributed by atoms with Crippen LogP contribution in [-0.2, 0) is 0 Å². The van der Waals surface area contributed by atoms with E-state index in [1.54, 1.807) is 0 Å². The molecule has 0 aromatic carbocycles. The molecule has 1 rings (SSSR count). The van der Waals surface area contributed by atoms with Gasteiger partial charge in [0.1, 0.15) is 6.80 Å². The fourth-order valence-corrected chi connectivity index (χ4v) is 1.54. The minimum Gasteiger partial charge on any atom is -0.296 e. The molecule has 0 unspecified atom stereocenters. The van der Waals surface area contributed by atoms with Crippen LogP contribution in [0.2, 0.25) is 0 Å². The van der Waals surface area contributed by atoms with E-state index < -0.39 is 0 Å². The normalized spacial score (nSPS) is 23.0. The Morgan fingerprint density at radius 3 is 1.92 bits per heavy atom. The van der Waals surface area contributed by atoms with Crippen LogP contribution in [-0.4, -0.2) is 48.3 Å². The van der Waals surface area contributed by atoms with Crippen LogP contribution in [0.5, 0.6) is 0 Å². The lowest BCUT2D eigenvalue weighted by atomic mass is 10.1. The van der Waals surface area contributed by atoms with Crippen molar-refractivity contribution in [3.8, 4) is 0 Å². The Bertz CT molecular complexity index is 134. The Kier molecular flexibility index (Phi) is 3.07. The van der Waals surface area contributed by atoms with E-state index in [2.05, 4.69) is 25.7 Å². The van der Waals surface area contributed by atoms with E-state index in [-0.39, 0.29) is 12.3 Å². The van der Waals surface area contributed by atoms with Gasteiger partial charge in [-0.3, -0.25) is 9.80 Å². The molecule has 0 aliphatic carbocycles. The molecule has 1 fully saturated rings. The van der Waals surface area contributed by atoms with Crippen LogP contribution >= 0.6 is 0 Å². The summed E-state index contributed by atoms with van der Waals surface area (Å²) in [7, 11) is 0. The van der Waals surface area contributed by atoms with Gasteiger partial charge in [-0.25, -0.2) is 4.39 Å². The zero-order chi connectivity index (χ0) is 9.19. The van der Waals surface area contributed by atoms with Crippen molar-refractivity contribution in [3.63, 3.8) is 0 Å². The van der Waals surface area contributed by atoms with E-state index in [9.17, 15) is 4.39 Å². The van der Waals surface area contributed by atoms with Crippen molar-refractivity contribution < 1.29 is 4.39 Å². The van der Waals surface area contributed by atoms with Crippen LogP contribution in [0, 0.1) is 0 Å². The second-order valence-corrected chi connectivity index (χ2v) is 4.40. The lowest BCUT2D eigenvalue weighted by Crippen LogP contribution is -2.53. The molecule has 2 nitrogen and oxygen atoms in total. The molecule has 0 saturated carbocycles. The molecular formula is C9H19FN2. The highest BCUT2D eigenvalue weighted by atomic mass is 19.1. The third-order valence-corrected chi connectivity index (χ3v) is 2.49. The van der Waals surface area contributed by atoms with E-state index >= 15 is 0 Å². The number of hydrogen-bond acceptors (Lipinski definition) is 2. The molecule has 0 bridgehead atoms. The van der Waals surface area contributed by atoms with Gasteiger partial charge in [0.2, 0.25) is 0 Å². The van der Waals surface area contributed by atoms with Gasteiger partial charge in [-0.2, -0.15) is 0 Å². The number of rotatable bonds is 1. The van der Waals surface area contributed by atoms with Crippen LogP contribution in [0.25, 0.3) is 0 Å². The minimum atomic E-state index is -0.294. The molecular weight excluding hydrogens is 155 g/mol. The molecule has 0 amide bonds.